The number of carbonyl (C=O) groups is 1. The van der Waals surface area contributed by atoms with Crippen LogP contribution in [0.4, 0.5) is 0 Å². The number of methoxy groups -OCH3 is 1. The van der Waals surface area contributed by atoms with E-state index in [4.69, 9.17) is 4.74 Å². The molecule has 0 amide bonds. The van der Waals surface area contributed by atoms with Gasteiger partial charge in [0, 0.05) is 22.7 Å². The van der Waals surface area contributed by atoms with Gasteiger partial charge in [-0.15, -0.1) is 11.3 Å². The van der Waals surface area contributed by atoms with Crippen molar-refractivity contribution in [2.75, 3.05) is 20.2 Å². The summed E-state index contributed by atoms with van der Waals surface area (Å²) >= 11 is 1.55. The molecule has 182 valence electrons. The molecular formula is C31H29FeNO2S+2. The maximum atomic E-state index is 13.5. The first-order valence-electron chi connectivity index (χ1n) is 12.1. The molecule has 0 bridgehead atoms. The fraction of sp³-hybridized carbons (Fsp3) is 0.194. The molecule has 1 saturated heterocycles. The molecule has 2 aliphatic carbocycles. The molecule has 0 unspecified atom stereocenters. The fourth-order valence-corrected chi connectivity index (χ4v) is 5.82. The Hall–Kier alpha value is -1.65. The van der Waals surface area contributed by atoms with Gasteiger partial charge in [0.05, 0.1) is 12.0 Å². The predicted molar refractivity (Wildman–Crippen MR) is 144 cm³/mol. The number of likely N-dealkylation sites (tertiary alicyclic amines) is 1. The van der Waals surface area contributed by atoms with Gasteiger partial charge >= 0.3 is 17.1 Å². The first-order chi connectivity index (χ1) is 17.2. The molecule has 3 aliphatic rings. The van der Waals surface area contributed by atoms with Gasteiger partial charge < -0.3 is 4.74 Å². The Morgan fingerprint density at radius 1 is 0.889 bits per heavy atom. The number of ether oxygens (including phenoxy) is 1. The van der Waals surface area contributed by atoms with Gasteiger partial charge in [-0.05, 0) is 118 Å². The standard InChI is InChI=1S/C26H24NO2S.C5H5.Fe/c1-29-21-12-13-22-23(16-21)30-26(24(22)19-6-2-3-7-19)25(28)20-10-8-18(9-11-20)17-27-14-4-5-15-27;1-2-4-5-3-1;/h2-3,6-13,16H,4-5,14-15,17H2,1H3;1-5H;/q;;+2. The van der Waals surface area contributed by atoms with E-state index >= 15 is 0 Å². The van der Waals surface area contributed by atoms with E-state index in [1.165, 1.54) is 31.5 Å². The minimum atomic E-state index is 0. The molecule has 0 N–H and O–H groups in total. The number of benzene rings is 2. The van der Waals surface area contributed by atoms with E-state index in [9.17, 15) is 4.79 Å². The van der Waals surface area contributed by atoms with Crippen LogP contribution in [0.25, 0.3) is 10.1 Å². The molecule has 0 atom stereocenters. The summed E-state index contributed by atoms with van der Waals surface area (Å²) in [7, 11) is 1.67. The average molecular weight is 535 g/mol. The van der Waals surface area contributed by atoms with Gasteiger partial charge in [0.25, 0.3) is 0 Å². The number of rotatable bonds is 6. The van der Waals surface area contributed by atoms with Crippen LogP contribution in [0.15, 0.2) is 42.5 Å². The van der Waals surface area contributed by atoms with Crippen molar-refractivity contribution in [3.63, 3.8) is 0 Å². The Balaban J connectivity index is 0.000000455. The molecule has 6 rings (SSSR count). The van der Waals surface area contributed by atoms with E-state index in [1.807, 2.05) is 69.2 Å². The van der Waals surface area contributed by atoms with Crippen LogP contribution in [0.2, 0.25) is 0 Å². The van der Waals surface area contributed by atoms with E-state index in [2.05, 4.69) is 35.9 Å². The van der Waals surface area contributed by atoms with Crippen molar-refractivity contribution >= 4 is 27.2 Å². The van der Waals surface area contributed by atoms with Gasteiger partial charge in [-0.3, -0.25) is 9.69 Å². The van der Waals surface area contributed by atoms with E-state index in [-0.39, 0.29) is 22.9 Å². The van der Waals surface area contributed by atoms with Crippen LogP contribution < -0.4 is 4.74 Å². The summed E-state index contributed by atoms with van der Waals surface area (Å²) in [5, 5.41) is 1.10. The van der Waals surface area contributed by atoms with Gasteiger partial charge in [-0.2, -0.15) is 0 Å². The van der Waals surface area contributed by atoms with Crippen LogP contribution in [0, 0.1) is 63.7 Å². The van der Waals surface area contributed by atoms with E-state index in [0.717, 1.165) is 44.3 Å². The first kappa shape index (κ1) is 27.4. The number of fused-ring (bicyclic) bond motifs is 1. The summed E-state index contributed by atoms with van der Waals surface area (Å²) in [5.41, 5.74) is 3.03. The molecule has 2 aromatic carbocycles. The third kappa shape index (κ3) is 6.42. The fourth-order valence-electron chi connectivity index (χ4n) is 4.60. The third-order valence-corrected chi connectivity index (χ3v) is 7.58. The Kier molecular flexibility index (Phi) is 10.1. The van der Waals surface area contributed by atoms with E-state index in [1.54, 1.807) is 18.4 Å². The molecule has 0 spiro atoms. The van der Waals surface area contributed by atoms with Crippen molar-refractivity contribution in [2.45, 2.75) is 19.4 Å². The average Bonchev–Trinajstić information content (AvgIpc) is 3.71. The summed E-state index contributed by atoms with van der Waals surface area (Å²) in [6.45, 7) is 3.32. The van der Waals surface area contributed by atoms with Crippen molar-refractivity contribution in [1.82, 2.24) is 4.90 Å². The maximum Gasteiger partial charge on any atom is 2.00 e. The van der Waals surface area contributed by atoms with Gasteiger partial charge in [0.1, 0.15) is 5.75 Å². The van der Waals surface area contributed by atoms with Gasteiger partial charge in [0.2, 0.25) is 5.78 Å². The maximum absolute atomic E-state index is 13.5. The predicted octanol–water partition coefficient (Wildman–Crippen LogP) is 6.51. The molecule has 3 fully saturated rings. The zero-order valence-electron chi connectivity index (χ0n) is 20.3. The summed E-state index contributed by atoms with van der Waals surface area (Å²) in [5.74, 6) is 1.97. The summed E-state index contributed by atoms with van der Waals surface area (Å²) < 4.78 is 6.46. The second kappa shape index (κ2) is 13.2. The largest absolute Gasteiger partial charge is 2.00 e. The quantitative estimate of drug-likeness (QED) is 0.266. The number of ketones is 1. The van der Waals surface area contributed by atoms with Crippen LogP contribution >= 0.6 is 11.3 Å². The van der Waals surface area contributed by atoms with Crippen molar-refractivity contribution in [2.24, 2.45) is 0 Å². The van der Waals surface area contributed by atoms with Crippen LogP contribution in [-0.4, -0.2) is 30.9 Å². The number of nitrogens with zero attached hydrogens (tertiary/aromatic N) is 1. The molecule has 1 aromatic heterocycles. The first-order valence-corrected chi connectivity index (χ1v) is 12.9. The van der Waals surface area contributed by atoms with Crippen molar-refractivity contribution in [3.05, 3.63) is 128 Å². The molecule has 5 heteroatoms. The van der Waals surface area contributed by atoms with Crippen LogP contribution in [0.3, 0.4) is 0 Å². The van der Waals surface area contributed by atoms with Gasteiger partial charge in [-0.25, -0.2) is 0 Å². The van der Waals surface area contributed by atoms with E-state index < -0.39 is 0 Å². The Bertz CT molecular complexity index is 1120. The van der Waals surface area contributed by atoms with Crippen LogP contribution in [0.5, 0.6) is 5.75 Å². The minimum absolute atomic E-state index is 0. The van der Waals surface area contributed by atoms with Crippen molar-refractivity contribution < 1.29 is 26.6 Å². The minimum Gasteiger partial charge on any atom is -0.497 e. The second-order valence-corrected chi connectivity index (χ2v) is 9.87. The number of carbonyl (C=O) groups excluding carboxylic acids is 1. The molecule has 10 radical (unpaired) electrons. The summed E-state index contributed by atoms with van der Waals surface area (Å²) in [6.07, 6.45) is 20.8. The topological polar surface area (TPSA) is 29.5 Å². The molecule has 36 heavy (non-hydrogen) atoms. The molecular weight excluding hydrogens is 506 g/mol. The van der Waals surface area contributed by atoms with Crippen LogP contribution in [0.1, 0.15) is 39.2 Å². The summed E-state index contributed by atoms with van der Waals surface area (Å²) in [6, 6.07) is 14.2. The zero-order chi connectivity index (χ0) is 24.0. The molecule has 2 saturated carbocycles. The number of thiophene rings is 1. The molecule has 3 nitrogen and oxygen atoms in total. The summed E-state index contributed by atoms with van der Waals surface area (Å²) in [4.78, 5) is 16.8. The molecule has 2 heterocycles. The van der Waals surface area contributed by atoms with Gasteiger partial charge in [0.15, 0.2) is 0 Å². The third-order valence-electron chi connectivity index (χ3n) is 6.43. The molecule has 1 aliphatic heterocycles. The van der Waals surface area contributed by atoms with Crippen molar-refractivity contribution in [3.8, 4) is 5.75 Å². The normalized spacial score (nSPS) is 18.1. The van der Waals surface area contributed by atoms with E-state index in [0.29, 0.717) is 0 Å². The van der Waals surface area contributed by atoms with Crippen LogP contribution in [-0.2, 0) is 23.6 Å². The number of hydrogen-bond donors (Lipinski definition) is 0. The molecule has 3 aromatic rings. The number of hydrogen-bond acceptors (Lipinski definition) is 4. The zero-order valence-corrected chi connectivity index (χ0v) is 22.2. The Morgan fingerprint density at radius 3 is 2.14 bits per heavy atom. The van der Waals surface area contributed by atoms with Crippen molar-refractivity contribution in [1.29, 1.82) is 0 Å². The second-order valence-electron chi connectivity index (χ2n) is 8.81. The van der Waals surface area contributed by atoms with Gasteiger partial charge in [-0.1, -0.05) is 24.3 Å². The smallest absolute Gasteiger partial charge is 0.497 e. The Morgan fingerprint density at radius 2 is 1.53 bits per heavy atom. The Labute approximate surface area is 231 Å². The SMILES string of the molecule is COc1ccc2c([C]3[CH][CH][CH][CH]3)c(C(=O)c3ccc(CN4CCCC4)cc3)sc2c1.[CH]1[CH][CH][CH][CH]1.[Fe+2]. The monoisotopic (exact) mass is 535 g/mol.